The Morgan fingerprint density at radius 2 is 2.00 bits per heavy atom. The van der Waals surface area contributed by atoms with E-state index in [1.54, 1.807) is 0 Å². The number of nitrogens with zero attached hydrogens (tertiary/aromatic N) is 1. The summed E-state index contributed by atoms with van der Waals surface area (Å²) in [5, 5.41) is 9.34. The number of carbonyl (C=O) groups excluding carboxylic acids is 2. The first kappa shape index (κ1) is 17.7. The summed E-state index contributed by atoms with van der Waals surface area (Å²) in [7, 11) is 0. The van der Waals surface area contributed by atoms with E-state index in [0.29, 0.717) is 11.6 Å². The van der Waals surface area contributed by atoms with Crippen molar-refractivity contribution in [2.45, 2.75) is 43.4 Å². The predicted molar refractivity (Wildman–Crippen MR) is 99.6 cm³/mol. The molecule has 5 atom stereocenters. The molecule has 5 nitrogen and oxygen atoms in total. The van der Waals surface area contributed by atoms with E-state index in [2.05, 4.69) is 28.1 Å². The lowest BCUT2D eigenvalue weighted by Gasteiger charge is -2.42. The van der Waals surface area contributed by atoms with Gasteiger partial charge in [-0.2, -0.15) is 0 Å². The molecule has 5 unspecified atom stereocenters. The SMILES string of the molecule is CC1C=CC2CCCCC2C1C(=O)C1(Br)Cc2c(C(=O)O)ccn2C1=O. The summed E-state index contributed by atoms with van der Waals surface area (Å²) in [6, 6.07) is 1.43. The van der Waals surface area contributed by atoms with Crippen molar-refractivity contribution < 1.29 is 19.5 Å². The van der Waals surface area contributed by atoms with Gasteiger partial charge in [0, 0.05) is 24.2 Å². The first-order valence-corrected chi connectivity index (χ1v) is 10.0. The smallest absolute Gasteiger partial charge is 0.337 e. The van der Waals surface area contributed by atoms with Crippen LogP contribution in [0.5, 0.6) is 0 Å². The molecule has 1 aromatic rings. The van der Waals surface area contributed by atoms with Crippen molar-refractivity contribution in [3.8, 4) is 0 Å². The van der Waals surface area contributed by atoms with Crippen molar-refractivity contribution >= 4 is 33.6 Å². The Morgan fingerprint density at radius 1 is 1.27 bits per heavy atom. The van der Waals surface area contributed by atoms with Gasteiger partial charge in [-0.1, -0.05) is 47.8 Å². The van der Waals surface area contributed by atoms with E-state index in [1.807, 2.05) is 6.92 Å². The van der Waals surface area contributed by atoms with E-state index in [1.165, 1.54) is 23.3 Å². The zero-order valence-corrected chi connectivity index (χ0v) is 16.2. The molecule has 0 spiro atoms. The number of aromatic nitrogens is 1. The summed E-state index contributed by atoms with van der Waals surface area (Å²) in [6.07, 6.45) is 10.4. The number of alkyl halides is 1. The molecule has 2 heterocycles. The number of hydrogen-bond donors (Lipinski definition) is 1. The lowest BCUT2D eigenvalue weighted by atomic mass is 9.62. The van der Waals surface area contributed by atoms with Crippen LogP contribution in [-0.4, -0.2) is 31.7 Å². The minimum Gasteiger partial charge on any atom is -0.478 e. The van der Waals surface area contributed by atoms with Crippen molar-refractivity contribution in [3.63, 3.8) is 0 Å². The van der Waals surface area contributed by atoms with Gasteiger partial charge in [-0.05, 0) is 36.7 Å². The van der Waals surface area contributed by atoms with E-state index < -0.39 is 10.3 Å². The molecule has 0 aromatic carbocycles. The number of hydrogen-bond acceptors (Lipinski definition) is 3. The lowest BCUT2D eigenvalue weighted by molar-refractivity contribution is -0.128. The third-order valence-electron chi connectivity index (χ3n) is 6.45. The molecule has 1 aliphatic heterocycles. The summed E-state index contributed by atoms with van der Waals surface area (Å²) in [5.41, 5.74) is 0.506. The Bertz CT molecular complexity index is 826. The monoisotopic (exact) mass is 419 g/mol. The van der Waals surface area contributed by atoms with Gasteiger partial charge in [0.25, 0.3) is 5.91 Å². The first-order chi connectivity index (χ1) is 12.3. The van der Waals surface area contributed by atoms with E-state index >= 15 is 0 Å². The molecule has 138 valence electrons. The normalized spacial score (nSPS) is 35.8. The standard InChI is InChI=1S/C20H22BrNO4/c1-11-6-7-12-4-2-3-5-13(12)16(11)17(23)20(21)10-15-14(18(24)25)8-9-22(15)19(20)26/h6-9,11-13,16H,2-5,10H2,1H3,(H,24,25). The molecule has 2 aliphatic carbocycles. The Balaban J connectivity index is 1.68. The molecule has 26 heavy (non-hydrogen) atoms. The van der Waals surface area contributed by atoms with Gasteiger partial charge in [0.2, 0.25) is 0 Å². The second-order valence-corrected chi connectivity index (χ2v) is 9.23. The highest BCUT2D eigenvalue weighted by Crippen LogP contribution is 2.47. The minimum absolute atomic E-state index is 0.0861. The van der Waals surface area contributed by atoms with Gasteiger partial charge in [0.05, 0.1) is 5.56 Å². The number of carbonyl (C=O) groups is 3. The molecular formula is C20H22BrNO4. The van der Waals surface area contributed by atoms with Gasteiger partial charge in [0.1, 0.15) is 0 Å². The van der Waals surface area contributed by atoms with Crippen molar-refractivity contribution in [1.82, 2.24) is 4.57 Å². The molecule has 0 saturated heterocycles. The van der Waals surface area contributed by atoms with Crippen molar-refractivity contribution in [2.75, 3.05) is 0 Å². The molecule has 1 saturated carbocycles. The molecule has 0 amide bonds. The molecule has 4 rings (SSSR count). The number of aromatic carboxylic acids is 1. The van der Waals surface area contributed by atoms with E-state index in [4.69, 9.17) is 0 Å². The van der Waals surface area contributed by atoms with Gasteiger partial charge < -0.3 is 5.11 Å². The number of Topliss-reactive ketones (excluding diaryl/α,β-unsaturated/α-hetero) is 1. The fraction of sp³-hybridized carbons (Fsp3) is 0.550. The molecule has 1 fully saturated rings. The van der Waals surface area contributed by atoms with Crippen LogP contribution in [0.25, 0.3) is 0 Å². The zero-order valence-electron chi connectivity index (χ0n) is 14.7. The van der Waals surface area contributed by atoms with Gasteiger partial charge in [-0.3, -0.25) is 14.2 Å². The maximum atomic E-state index is 13.6. The Morgan fingerprint density at radius 3 is 2.73 bits per heavy atom. The van der Waals surface area contributed by atoms with E-state index in [0.717, 1.165) is 19.3 Å². The van der Waals surface area contributed by atoms with Crippen LogP contribution in [-0.2, 0) is 11.2 Å². The highest BCUT2D eigenvalue weighted by Gasteiger charge is 2.55. The van der Waals surface area contributed by atoms with Crippen LogP contribution in [0.2, 0.25) is 0 Å². The number of fused-ring (bicyclic) bond motifs is 2. The zero-order chi connectivity index (χ0) is 18.6. The molecule has 1 N–H and O–H groups in total. The summed E-state index contributed by atoms with van der Waals surface area (Å²) >= 11 is 3.46. The Kier molecular flexibility index (Phi) is 4.21. The second-order valence-electron chi connectivity index (χ2n) is 7.88. The summed E-state index contributed by atoms with van der Waals surface area (Å²) in [4.78, 5) is 38.0. The quantitative estimate of drug-likeness (QED) is 0.460. The average molecular weight is 420 g/mol. The summed E-state index contributed by atoms with van der Waals surface area (Å²) in [5.74, 6) is -0.950. The van der Waals surface area contributed by atoms with Crippen molar-refractivity contribution in [2.24, 2.45) is 23.7 Å². The van der Waals surface area contributed by atoms with Crippen LogP contribution in [0.1, 0.15) is 53.5 Å². The summed E-state index contributed by atoms with van der Waals surface area (Å²) in [6.45, 7) is 2.04. The Hall–Kier alpha value is -1.69. The molecule has 6 heteroatoms. The lowest BCUT2D eigenvalue weighted by Crippen LogP contribution is -2.49. The Labute approximate surface area is 160 Å². The van der Waals surface area contributed by atoms with Crippen LogP contribution in [0.3, 0.4) is 0 Å². The first-order valence-electron chi connectivity index (χ1n) is 9.24. The topological polar surface area (TPSA) is 76.4 Å². The highest BCUT2D eigenvalue weighted by atomic mass is 79.9. The average Bonchev–Trinajstić information content (AvgIpc) is 3.13. The number of carboxylic acid groups (broad SMARTS) is 1. The third kappa shape index (κ3) is 2.45. The maximum Gasteiger partial charge on any atom is 0.337 e. The molecule has 1 aromatic heterocycles. The highest BCUT2D eigenvalue weighted by molar-refractivity contribution is 9.10. The minimum atomic E-state index is -1.35. The van der Waals surface area contributed by atoms with Gasteiger partial charge in [-0.25, -0.2) is 4.79 Å². The van der Waals surface area contributed by atoms with Crippen molar-refractivity contribution in [3.05, 3.63) is 35.7 Å². The van der Waals surface area contributed by atoms with Crippen LogP contribution in [0.4, 0.5) is 0 Å². The largest absolute Gasteiger partial charge is 0.478 e. The fourth-order valence-electron chi connectivity index (χ4n) is 5.12. The third-order valence-corrected chi connectivity index (χ3v) is 7.46. The predicted octanol–water partition coefficient (Wildman–Crippen LogP) is 3.71. The number of carboxylic acids is 1. The van der Waals surface area contributed by atoms with Gasteiger partial charge >= 0.3 is 5.97 Å². The molecule has 0 bridgehead atoms. The number of ketones is 1. The van der Waals surface area contributed by atoms with Crippen LogP contribution < -0.4 is 0 Å². The van der Waals surface area contributed by atoms with Crippen LogP contribution in [0.15, 0.2) is 24.4 Å². The van der Waals surface area contributed by atoms with Crippen molar-refractivity contribution in [1.29, 1.82) is 0 Å². The molecule has 0 radical (unpaired) electrons. The van der Waals surface area contributed by atoms with Gasteiger partial charge in [0.15, 0.2) is 10.1 Å². The number of rotatable bonds is 3. The fourth-order valence-corrected chi connectivity index (χ4v) is 5.84. The summed E-state index contributed by atoms with van der Waals surface area (Å²) < 4.78 is -0.0162. The van der Waals surface area contributed by atoms with Gasteiger partial charge in [-0.15, -0.1) is 0 Å². The van der Waals surface area contributed by atoms with E-state index in [9.17, 15) is 19.5 Å². The second kappa shape index (κ2) is 6.19. The van der Waals surface area contributed by atoms with Crippen LogP contribution in [0, 0.1) is 23.7 Å². The molecular weight excluding hydrogens is 398 g/mol. The molecule has 3 aliphatic rings. The number of allylic oxidation sites excluding steroid dienone is 2. The number of halogens is 1. The van der Waals surface area contributed by atoms with Crippen LogP contribution >= 0.6 is 15.9 Å². The van der Waals surface area contributed by atoms with E-state index in [-0.39, 0.29) is 41.4 Å². The maximum absolute atomic E-state index is 13.6.